The van der Waals surface area contributed by atoms with Gasteiger partial charge in [0.25, 0.3) is 0 Å². The maximum Gasteiger partial charge on any atom is 0.325 e. The van der Waals surface area contributed by atoms with Crippen LogP contribution in [0.2, 0.25) is 6.04 Å². The Balaban J connectivity index is 3.54. The number of hydrogen-bond acceptors (Lipinski definition) is 2. The first kappa shape index (κ1) is 12.9. The predicted molar refractivity (Wildman–Crippen MR) is 59.3 cm³/mol. The molecule has 2 nitrogen and oxygen atoms in total. The smallest absolute Gasteiger partial charge is 0.325 e. The van der Waals surface area contributed by atoms with Gasteiger partial charge in [0.05, 0.1) is 0 Å². The van der Waals surface area contributed by atoms with E-state index >= 15 is 0 Å². The maximum absolute atomic E-state index is 5.53. The molecule has 0 unspecified atom stereocenters. The van der Waals surface area contributed by atoms with Crippen LogP contribution in [0.15, 0.2) is 12.2 Å². The minimum absolute atomic E-state index is 0.776. The van der Waals surface area contributed by atoms with E-state index in [1.54, 1.807) is 0 Å². The summed E-state index contributed by atoms with van der Waals surface area (Å²) in [5.74, 6) is 0. The fourth-order valence-corrected chi connectivity index (χ4v) is 2.57. The van der Waals surface area contributed by atoms with E-state index < -0.39 is 9.28 Å². The molecule has 0 heterocycles. The van der Waals surface area contributed by atoms with Crippen molar-refractivity contribution in [3.63, 3.8) is 0 Å². The molecule has 0 amide bonds. The number of unbranched alkanes of at least 4 members (excludes halogenated alkanes) is 1. The number of hydrogen-bond donors (Lipinski definition) is 0. The molecule has 0 spiro atoms. The Morgan fingerprint density at radius 1 is 1.00 bits per heavy atom. The van der Waals surface area contributed by atoms with Crippen LogP contribution in [-0.4, -0.2) is 22.5 Å². The highest BCUT2D eigenvalue weighted by molar-refractivity contribution is 6.44. The van der Waals surface area contributed by atoms with E-state index in [4.69, 9.17) is 8.85 Å². The standard InChI is InChI=1S/C10H22O2Si/c1-4-7-8-9-10-13(11-5-2)12-6-3/h8-9,13H,4-7,10H2,1-3H3. The highest BCUT2D eigenvalue weighted by Crippen LogP contribution is 2.00. The van der Waals surface area contributed by atoms with Gasteiger partial charge in [-0.2, -0.15) is 0 Å². The van der Waals surface area contributed by atoms with Crippen LogP contribution < -0.4 is 0 Å². The van der Waals surface area contributed by atoms with Crippen LogP contribution in [0.25, 0.3) is 0 Å². The molecular weight excluding hydrogens is 180 g/mol. The zero-order valence-electron chi connectivity index (χ0n) is 9.08. The van der Waals surface area contributed by atoms with Crippen LogP contribution in [0.4, 0.5) is 0 Å². The molecule has 0 aliphatic rings. The Morgan fingerprint density at radius 3 is 2.08 bits per heavy atom. The summed E-state index contributed by atoms with van der Waals surface area (Å²) < 4.78 is 11.1. The summed E-state index contributed by atoms with van der Waals surface area (Å²) in [6.45, 7) is 7.78. The summed E-state index contributed by atoms with van der Waals surface area (Å²) in [7, 11) is -1.36. The first-order valence-electron chi connectivity index (χ1n) is 5.23. The second-order valence-corrected chi connectivity index (χ2v) is 4.83. The Kier molecular flexibility index (Phi) is 9.87. The van der Waals surface area contributed by atoms with Crippen molar-refractivity contribution >= 4 is 9.28 Å². The largest absolute Gasteiger partial charge is 0.397 e. The van der Waals surface area contributed by atoms with Gasteiger partial charge in [0.15, 0.2) is 0 Å². The summed E-state index contributed by atoms with van der Waals surface area (Å²) in [5, 5.41) is 0. The zero-order chi connectivity index (χ0) is 9.94. The molecule has 0 aromatic carbocycles. The molecule has 0 N–H and O–H groups in total. The Labute approximate surface area is 83.8 Å². The highest BCUT2D eigenvalue weighted by atomic mass is 28.3. The van der Waals surface area contributed by atoms with Crippen molar-refractivity contribution in [2.75, 3.05) is 13.2 Å². The lowest BCUT2D eigenvalue weighted by Gasteiger charge is -2.12. The van der Waals surface area contributed by atoms with Gasteiger partial charge in [0.2, 0.25) is 0 Å². The van der Waals surface area contributed by atoms with Crippen molar-refractivity contribution in [1.29, 1.82) is 0 Å². The number of rotatable bonds is 8. The van der Waals surface area contributed by atoms with E-state index in [0.29, 0.717) is 0 Å². The van der Waals surface area contributed by atoms with Crippen molar-refractivity contribution in [1.82, 2.24) is 0 Å². The minimum Gasteiger partial charge on any atom is -0.397 e. The van der Waals surface area contributed by atoms with Gasteiger partial charge in [0, 0.05) is 19.3 Å². The van der Waals surface area contributed by atoms with E-state index in [2.05, 4.69) is 19.1 Å². The van der Waals surface area contributed by atoms with Gasteiger partial charge in [-0.25, -0.2) is 0 Å². The topological polar surface area (TPSA) is 18.5 Å². The van der Waals surface area contributed by atoms with Crippen LogP contribution in [0.5, 0.6) is 0 Å². The summed E-state index contributed by atoms with van der Waals surface area (Å²) in [6, 6.07) is 1.00. The van der Waals surface area contributed by atoms with E-state index in [9.17, 15) is 0 Å². The van der Waals surface area contributed by atoms with Crippen molar-refractivity contribution in [2.45, 2.75) is 39.7 Å². The van der Waals surface area contributed by atoms with E-state index in [0.717, 1.165) is 19.3 Å². The fourth-order valence-electron chi connectivity index (χ4n) is 1.05. The molecule has 3 heteroatoms. The third-order valence-electron chi connectivity index (χ3n) is 1.66. The lowest BCUT2D eigenvalue weighted by Crippen LogP contribution is -2.21. The summed E-state index contributed by atoms with van der Waals surface area (Å²) in [4.78, 5) is 0. The van der Waals surface area contributed by atoms with Crippen molar-refractivity contribution < 1.29 is 8.85 Å². The first-order valence-corrected chi connectivity index (χ1v) is 6.99. The monoisotopic (exact) mass is 202 g/mol. The molecule has 0 radical (unpaired) electrons. The van der Waals surface area contributed by atoms with E-state index in [1.807, 2.05) is 13.8 Å². The maximum atomic E-state index is 5.53. The Hall–Kier alpha value is -0.123. The van der Waals surface area contributed by atoms with Crippen molar-refractivity contribution in [3.05, 3.63) is 12.2 Å². The fraction of sp³-hybridized carbons (Fsp3) is 0.800. The molecule has 0 aliphatic carbocycles. The second-order valence-electron chi connectivity index (χ2n) is 2.84. The van der Waals surface area contributed by atoms with Crippen molar-refractivity contribution in [2.24, 2.45) is 0 Å². The van der Waals surface area contributed by atoms with Gasteiger partial charge in [-0.3, -0.25) is 0 Å². The van der Waals surface area contributed by atoms with Gasteiger partial charge < -0.3 is 8.85 Å². The Bertz CT molecular complexity index is 120. The quantitative estimate of drug-likeness (QED) is 0.445. The van der Waals surface area contributed by atoms with Crippen LogP contribution in [0, 0.1) is 0 Å². The van der Waals surface area contributed by atoms with E-state index in [1.165, 1.54) is 12.8 Å². The normalized spacial score (nSPS) is 11.7. The molecule has 0 saturated carbocycles. The molecule has 78 valence electrons. The van der Waals surface area contributed by atoms with Gasteiger partial charge >= 0.3 is 9.28 Å². The van der Waals surface area contributed by atoms with Crippen LogP contribution in [-0.2, 0) is 8.85 Å². The molecule has 0 aromatic rings. The molecule has 0 aliphatic heterocycles. The molecule has 0 aromatic heterocycles. The molecule has 0 atom stereocenters. The van der Waals surface area contributed by atoms with Gasteiger partial charge in [-0.15, -0.1) is 0 Å². The zero-order valence-corrected chi connectivity index (χ0v) is 10.2. The summed E-state index contributed by atoms with van der Waals surface area (Å²) in [6.07, 6.45) is 6.80. The third kappa shape index (κ3) is 8.21. The third-order valence-corrected chi connectivity index (χ3v) is 3.72. The molecule has 0 saturated heterocycles. The first-order chi connectivity index (χ1) is 6.35. The number of allylic oxidation sites excluding steroid dienone is 2. The molecule has 13 heavy (non-hydrogen) atoms. The summed E-state index contributed by atoms with van der Waals surface area (Å²) in [5.41, 5.74) is 0. The summed E-state index contributed by atoms with van der Waals surface area (Å²) >= 11 is 0. The van der Waals surface area contributed by atoms with E-state index in [-0.39, 0.29) is 0 Å². The molecule has 0 rings (SSSR count). The lowest BCUT2D eigenvalue weighted by atomic mass is 10.3. The Morgan fingerprint density at radius 2 is 1.62 bits per heavy atom. The average molecular weight is 202 g/mol. The molecule has 0 fully saturated rings. The lowest BCUT2D eigenvalue weighted by molar-refractivity contribution is 0.216. The average Bonchev–Trinajstić information content (AvgIpc) is 2.13. The second kappa shape index (κ2) is 9.96. The van der Waals surface area contributed by atoms with Gasteiger partial charge in [-0.05, 0) is 20.3 Å². The molecule has 0 bridgehead atoms. The van der Waals surface area contributed by atoms with Crippen LogP contribution >= 0.6 is 0 Å². The van der Waals surface area contributed by atoms with Gasteiger partial charge in [0.1, 0.15) is 0 Å². The van der Waals surface area contributed by atoms with Crippen LogP contribution in [0.1, 0.15) is 33.6 Å². The SMILES string of the molecule is CCCC=CC[SiH](OCC)OCC. The predicted octanol–water partition coefficient (Wildman–Crippen LogP) is 2.64. The van der Waals surface area contributed by atoms with Crippen LogP contribution in [0.3, 0.4) is 0 Å². The minimum atomic E-state index is -1.36. The van der Waals surface area contributed by atoms with Crippen molar-refractivity contribution in [3.8, 4) is 0 Å². The van der Waals surface area contributed by atoms with Gasteiger partial charge in [-0.1, -0.05) is 25.5 Å². The molecular formula is C10H22O2Si. The highest BCUT2D eigenvalue weighted by Gasteiger charge is 2.08.